The monoisotopic (exact) mass is 281 g/mol. The quantitative estimate of drug-likeness (QED) is 0.532. The molecule has 106 valence electrons. The Bertz CT molecular complexity index is 673. The molecule has 1 aliphatic heterocycles. The number of anilines is 1. The second-order valence-corrected chi connectivity index (χ2v) is 5.13. The van der Waals surface area contributed by atoms with E-state index in [-0.39, 0.29) is 12.4 Å². The minimum absolute atomic E-state index is 0.123. The van der Waals surface area contributed by atoms with Crippen LogP contribution < -0.4 is 5.32 Å². The second-order valence-electron chi connectivity index (χ2n) is 5.13. The van der Waals surface area contributed by atoms with Gasteiger partial charge in [-0.05, 0) is 19.1 Å². The van der Waals surface area contributed by atoms with E-state index in [0.717, 1.165) is 5.56 Å². The molecule has 0 bridgehead atoms. The van der Waals surface area contributed by atoms with E-state index in [2.05, 4.69) is 5.32 Å². The number of benzene rings is 2. The Labute approximate surface area is 122 Å². The van der Waals surface area contributed by atoms with Gasteiger partial charge in [0, 0.05) is 11.3 Å². The van der Waals surface area contributed by atoms with Crippen LogP contribution >= 0.6 is 0 Å². The summed E-state index contributed by atoms with van der Waals surface area (Å²) in [7, 11) is 0. The Balaban J connectivity index is 1.79. The first-order chi connectivity index (χ1) is 10.1. The zero-order valence-electron chi connectivity index (χ0n) is 11.6. The summed E-state index contributed by atoms with van der Waals surface area (Å²) in [4.78, 5) is 24.8. The van der Waals surface area contributed by atoms with Gasteiger partial charge in [-0.15, -0.1) is 0 Å². The smallest absolute Gasteiger partial charge is 0.267 e. The molecule has 0 saturated carbocycles. The molecular formula is C17H15NO3. The van der Waals surface area contributed by atoms with Gasteiger partial charge in [-0.1, -0.05) is 48.0 Å². The van der Waals surface area contributed by atoms with Crippen molar-refractivity contribution in [3.63, 3.8) is 0 Å². The fourth-order valence-corrected chi connectivity index (χ4v) is 2.13. The van der Waals surface area contributed by atoms with Gasteiger partial charge in [0.1, 0.15) is 0 Å². The van der Waals surface area contributed by atoms with Gasteiger partial charge >= 0.3 is 0 Å². The van der Waals surface area contributed by atoms with Crippen molar-refractivity contribution < 1.29 is 14.3 Å². The lowest BCUT2D eigenvalue weighted by Crippen LogP contribution is -2.39. The number of Topliss-reactive ketones (excluding diaryl/α,β-unsaturated/α-hetero) is 1. The first-order valence-corrected chi connectivity index (χ1v) is 6.74. The van der Waals surface area contributed by atoms with Crippen molar-refractivity contribution in [3.05, 3.63) is 65.7 Å². The van der Waals surface area contributed by atoms with E-state index < -0.39 is 11.5 Å². The lowest BCUT2D eigenvalue weighted by molar-refractivity contribution is -0.119. The molecule has 0 radical (unpaired) electrons. The highest BCUT2D eigenvalue weighted by atomic mass is 16.6. The number of amides is 1. The van der Waals surface area contributed by atoms with E-state index in [1.807, 2.05) is 37.3 Å². The van der Waals surface area contributed by atoms with Crippen molar-refractivity contribution in [3.8, 4) is 0 Å². The average Bonchev–Trinajstić information content (AvgIpc) is 3.30. The maximum absolute atomic E-state index is 12.5. The zero-order valence-corrected chi connectivity index (χ0v) is 11.6. The third-order valence-corrected chi connectivity index (χ3v) is 3.51. The third-order valence-electron chi connectivity index (χ3n) is 3.51. The van der Waals surface area contributed by atoms with Crippen molar-refractivity contribution in [2.24, 2.45) is 0 Å². The molecule has 1 aliphatic rings. The molecule has 2 aromatic carbocycles. The van der Waals surface area contributed by atoms with Crippen LogP contribution in [0.1, 0.15) is 15.9 Å². The summed E-state index contributed by atoms with van der Waals surface area (Å²) in [6, 6.07) is 16.2. The van der Waals surface area contributed by atoms with Crippen LogP contribution in [0.25, 0.3) is 0 Å². The van der Waals surface area contributed by atoms with E-state index in [4.69, 9.17) is 4.74 Å². The lowest BCUT2D eigenvalue weighted by atomic mass is 9.96. The van der Waals surface area contributed by atoms with Crippen LogP contribution in [0.15, 0.2) is 54.6 Å². The maximum Gasteiger partial charge on any atom is 0.267 e. The molecule has 0 spiro atoms. The molecule has 2 aromatic rings. The number of aryl methyl sites for hydroxylation is 1. The predicted octanol–water partition coefficient (Wildman–Crippen LogP) is 2.59. The Hall–Kier alpha value is -2.46. The molecule has 0 aromatic heterocycles. The van der Waals surface area contributed by atoms with E-state index in [9.17, 15) is 9.59 Å². The van der Waals surface area contributed by atoms with E-state index in [1.165, 1.54) is 0 Å². The van der Waals surface area contributed by atoms with Crippen molar-refractivity contribution in [1.82, 2.24) is 0 Å². The van der Waals surface area contributed by atoms with Crippen molar-refractivity contribution in [2.75, 3.05) is 11.9 Å². The van der Waals surface area contributed by atoms with Gasteiger partial charge in [-0.25, -0.2) is 0 Å². The molecule has 21 heavy (non-hydrogen) atoms. The number of hydrogen-bond acceptors (Lipinski definition) is 3. The molecule has 1 unspecified atom stereocenters. The molecule has 0 aliphatic carbocycles. The number of epoxide rings is 1. The number of ketones is 1. The van der Waals surface area contributed by atoms with Crippen LogP contribution in [0.2, 0.25) is 0 Å². The Morgan fingerprint density at radius 1 is 1.05 bits per heavy atom. The number of carbonyl (C=O) groups excluding carboxylic acids is 2. The molecule has 1 amide bonds. The highest BCUT2D eigenvalue weighted by molar-refractivity contribution is 6.22. The SMILES string of the molecule is Cc1ccc(C(=O)C2(C(=O)Nc3ccccc3)CO2)cc1. The Kier molecular flexibility index (Phi) is 3.31. The predicted molar refractivity (Wildman–Crippen MR) is 79.3 cm³/mol. The fourth-order valence-electron chi connectivity index (χ4n) is 2.13. The van der Waals surface area contributed by atoms with Crippen LogP contribution in [0.3, 0.4) is 0 Å². The number of nitrogens with one attached hydrogen (secondary N) is 1. The number of carbonyl (C=O) groups is 2. The van der Waals surface area contributed by atoms with Crippen LogP contribution in [0, 0.1) is 6.92 Å². The Morgan fingerprint density at radius 3 is 2.24 bits per heavy atom. The topological polar surface area (TPSA) is 58.7 Å². The number of ether oxygens (including phenoxy) is 1. The van der Waals surface area contributed by atoms with Gasteiger partial charge in [0.25, 0.3) is 5.91 Å². The van der Waals surface area contributed by atoms with Crippen molar-refractivity contribution >= 4 is 17.4 Å². The minimum Gasteiger partial charge on any atom is -0.351 e. The summed E-state index contributed by atoms with van der Waals surface area (Å²) in [5, 5.41) is 2.72. The van der Waals surface area contributed by atoms with E-state index in [1.54, 1.807) is 24.3 Å². The normalized spacial score (nSPS) is 19.9. The van der Waals surface area contributed by atoms with E-state index >= 15 is 0 Å². The molecule has 4 heteroatoms. The molecular weight excluding hydrogens is 266 g/mol. The highest BCUT2D eigenvalue weighted by Gasteiger charge is 2.59. The van der Waals surface area contributed by atoms with Crippen LogP contribution in [0.4, 0.5) is 5.69 Å². The summed E-state index contributed by atoms with van der Waals surface area (Å²) in [6.45, 7) is 2.07. The fraction of sp³-hybridized carbons (Fsp3) is 0.176. The number of para-hydroxylation sites is 1. The van der Waals surface area contributed by atoms with Gasteiger partial charge in [-0.2, -0.15) is 0 Å². The van der Waals surface area contributed by atoms with Gasteiger partial charge < -0.3 is 10.1 Å². The number of rotatable bonds is 4. The first-order valence-electron chi connectivity index (χ1n) is 6.74. The van der Waals surface area contributed by atoms with E-state index in [0.29, 0.717) is 11.3 Å². The average molecular weight is 281 g/mol. The minimum atomic E-state index is -1.37. The summed E-state index contributed by atoms with van der Waals surface area (Å²) in [5.74, 6) is -0.713. The molecule has 1 heterocycles. The molecule has 4 nitrogen and oxygen atoms in total. The molecule has 1 saturated heterocycles. The number of hydrogen-bond donors (Lipinski definition) is 1. The maximum atomic E-state index is 12.5. The zero-order chi connectivity index (χ0) is 14.9. The highest BCUT2D eigenvalue weighted by Crippen LogP contribution is 2.32. The Morgan fingerprint density at radius 2 is 1.67 bits per heavy atom. The second kappa shape index (κ2) is 5.14. The van der Waals surface area contributed by atoms with Gasteiger partial charge in [0.15, 0.2) is 0 Å². The lowest BCUT2D eigenvalue weighted by Gasteiger charge is -2.11. The molecule has 1 atom stereocenters. The summed E-state index contributed by atoms with van der Waals surface area (Å²) < 4.78 is 5.22. The molecule has 1 N–H and O–H groups in total. The van der Waals surface area contributed by atoms with Gasteiger partial charge in [0.05, 0.1) is 6.61 Å². The van der Waals surface area contributed by atoms with Crippen molar-refractivity contribution in [2.45, 2.75) is 12.5 Å². The third kappa shape index (κ3) is 2.58. The van der Waals surface area contributed by atoms with Crippen molar-refractivity contribution in [1.29, 1.82) is 0 Å². The summed E-state index contributed by atoms with van der Waals surface area (Å²) in [5.41, 5.74) is 0.826. The van der Waals surface area contributed by atoms with Crippen LogP contribution in [-0.2, 0) is 9.53 Å². The molecule has 1 fully saturated rings. The van der Waals surface area contributed by atoms with Gasteiger partial charge in [-0.3, -0.25) is 9.59 Å². The van der Waals surface area contributed by atoms with Crippen LogP contribution in [-0.4, -0.2) is 23.9 Å². The van der Waals surface area contributed by atoms with Gasteiger partial charge in [0.2, 0.25) is 11.4 Å². The summed E-state index contributed by atoms with van der Waals surface area (Å²) >= 11 is 0. The largest absolute Gasteiger partial charge is 0.351 e. The first kappa shape index (κ1) is 13.5. The summed E-state index contributed by atoms with van der Waals surface area (Å²) in [6.07, 6.45) is 0. The standard InChI is InChI=1S/C17H15NO3/c1-12-7-9-13(10-8-12)15(19)17(11-21-17)16(20)18-14-5-3-2-4-6-14/h2-10H,11H2,1H3,(H,18,20). The van der Waals surface area contributed by atoms with Crippen LogP contribution in [0.5, 0.6) is 0 Å². The molecule has 3 rings (SSSR count).